The maximum atomic E-state index is 2.46. The van der Waals surface area contributed by atoms with Crippen molar-refractivity contribution in [3.63, 3.8) is 0 Å². The van der Waals surface area contributed by atoms with Crippen LogP contribution in [0.25, 0.3) is 86.3 Å². The number of thiophene rings is 1. The van der Waals surface area contributed by atoms with Crippen LogP contribution in [-0.4, -0.2) is 17.2 Å². The Morgan fingerprint density at radius 3 is 1.34 bits per heavy atom. The summed E-state index contributed by atoms with van der Waals surface area (Å²) in [4.78, 5) is 0. The molecule has 3 aromatic heterocycles. The summed E-state index contributed by atoms with van der Waals surface area (Å²) in [6.07, 6.45) is 0. The van der Waals surface area contributed by atoms with Crippen molar-refractivity contribution in [3.8, 4) is 22.5 Å². The van der Waals surface area contributed by atoms with Crippen LogP contribution in [0.15, 0.2) is 243 Å². The molecule has 0 atom stereocenters. The zero-order valence-corrected chi connectivity index (χ0v) is 36.7. The fourth-order valence-electron chi connectivity index (χ4n) is 10.6. The second-order valence-electron chi connectivity index (χ2n) is 16.8. The number of rotatable bonds is 7. The van der Waals surface area contributed by atoms with E-state index in [0.717, 1.165) is 11.4 Å². The molecule has 3 heterocycles. The molecule has 0 spiro atoms. The predicted molar refractivity (Wildman–Crippen MR) is 277 cm³/mol. The average molecular weight is 849 g/mol. The molecule has 0 bridgehead atoms. The molecule has 2 nitrogen and oxygen atoms in total. The maximum absolute atomic E-state index is 2.67. The number of hydrogen-bond acceptors (Lipinski definition) is 1. The predicted octanol–water partition coefficient (Wildman–Crippen LogP) is 13.3. The molecule has 4 heteroatoms. The van der Waals surface area contributed by atoms with Crippen LogP contribution in [0.3, 0.4) is 0 Å². The fourth-order valence-corrected chi connectivity index (χ4v) is 16.5. The van der Waals surface area contributed by atoms with E-state index in [2.05, 4.69) is 252 Å². The Balaban J connectivity index is 0.979. The van der Waals surface area contributed by atoms with Gasteiger partial charge >= 0.3 is 0 Å². The van der Waals surface area contributed by atoms with E-state index < -0.39 is 8.07 Å². The number of nitrogens with zero attached hydrogens (tertiary/aromatic N) is 2. The van der Waals surface area contributed by atoms with Crippen LogP contribution < -0.4 is 20.7 Å². The van der Waals surface area contributed by atoms with E-state index in [1.807, 2.05) is 11.3 Å². The number of para-hydroxylation sites is 2. The molecule has 0 N–H and O–H groups in total. The molecular weight excluding hydrogens is 809 g/mol. The van der Waals surface area contributed by atoms with Gasteiger partial charge < -0.3 is 9.13 Å². The molecule has 0 aliphatic carbocycles. The van der Waals surface area contributed by atoms with Crippen molar-refractivity contribution in [2.75, 3.05) is 0 Å². The lowest BCUT2D eigenvalue weighted by Gasteiger charge is -2.34. The lowest BCUT2D eigenvalue weighted by atomic mass is 10.0. The monoisotopic (exact) mass is 848 g/mol. The lowest BCUT2D eigenvalue weighted by Crippen LogP contribution is -2.74. The largest absolute Gasteiger partial charge is 0.309 e. The molecule has 300 valence electrons. The van der Waals surface area contributed by atoms with Gasteiger partial charge in [-0.2, -0.15) is 0 Å². The molecular formula is C60H40N2SSi. The molecule has 0 radical (unpaired) electrons. The van der Waals surface area contributed by atoms with Gasteiger partial charge in [0.2, 0.25) is 0 Å². The highest BCUT2D eigenvalue weighted by Gasteiger charge is 2.41. The van der Waals surface area contributed by atoms with Crippen LogP contribution in [0.4, 0.5) is 0 Å². The first-order valence-corrected chi connectivity index (χ1v) is 24.8. The molecule has 0 aliphatic heterocycles. The van der Waals surface area contributed by atoms with E-state index in [1.165, 1.54) is 95.7 Å². The van der Waals surface area contributed by atoms with Crippen molar-refractivity contribution in [1.82, 2.24) is 9.13 Å². The standard InChI is InChI=1S/C60H40N2SSi/c1-4-16-45(17-5-1)64(46-18-6-2-7-19-46,47-20-8-3-9-21-47)48-33-30-43(31-34-48)61-55-25-13-10-22-49(55)51-35-32-44(40-58(51)61)62-56-26-14-11-23-50(56)53-38-41(28-36-57(53)62)42-29-37-60-54(39-42)52-24-12-15-27-59(52)63-60/h1-40H. The van der Waals surface area contributed by atoms with Gasteiger partial charge in [-0.3, -0.25) is 0 Å². The molecule has 64 heavy (non-hydrogen) atoms. The highest BCUT2D eigenvalue weighted by atomic mass is 32.1. The van der Waals surface area contributed by atoms with Gasteiger partial charge in [0.15, 0.2) is 8.07 Å². The summed E-state index contributed by atoms with van der Waals surface area (Å²) in [5, 5.41) is 13.1. The Bertz CT molecular complexity index is 3790. The summed E-state index contributed by atoms with van der Waals surface area (Å²) in [6, 6.07) is 90.5. The van der Waals surface area contributed by atoms with Gasteiger partial charge in [-0.25, -0.2) is 0 Å². The first-order chi connectivity index (χ1) is 31.7. The first kappa shape index (κ1) is 36.9. The summed E-state index contributed by atoms with van der Waals surface area (Å²) in [6.45, 7) is 0. The normalized spacial score (nSPS) is 12.1. The van der Waals surface area contributed by atoms with E-state index in [0.29, 0.717) is 0 Å². The van der Waals surface area contributed by atoms with Gasteiger partial charge in [-0.15, -0.1) is 11.3 Å². The Hall–Kier alpha value is -7.76. The van der Waals surface area contributed by atoms with Gasteiger partial charge in [0.1, 0.15) is 0 Å². The molecule has 13 aromatic rings. The van der Waals surface area contributed by atoms with E-state index in [-0.39, 0.29) is 0 Å². The number of hydrogen-bond donors (Lipinski definition) is 0. The van der Waals surface area contributed by atoms with Crippen LogP contribution in [0.2, 0.25) is 0 Å². The number of benzene rings is 10. The quantitative estimate of drug-likeness (QED) is 0.112. The minimum Gasteiger partial charge on any atom is -0.309 e. The third kappa shape index (κ3) is 5.56. The van der Waals surface area contributed by atoms with E-state index in [9.17, 15) is 0 Å². The topological polar surface area (TPSA) is 9.86 Å². The highest BCUT2D eigenvalue weighted by molar-refractivity contribution is 7.25. The summed E-state index contributed by atoms with van der Waals surface area (Å²) in [5.41, 5.74) is 9.53. The van der Waals surface area contributed by atoms with Crippen LogP contribution in [0, 0.1) is 0 Å². The van der Waals surface area contributed by atoms with Gasteiger partial charge in [0.05, 0.1) is 22.1 Å². The Kier molecular flexibility index (Phi) is 8.45. The van der Waals surface area contributed by atoms with E-state index >= 15 is 0 Å². The minimum absolute atomic E-state index is 1.14. The second kappa shape index (κ2) is 14.7. The summed E-state index contributed by atoms with van der Waals surface area (Å²) >= 11 is 1.87. The SMILES string of the molecule is c1ccc([Si](c2ccccc2)(c2ccccc2)c2ccc(-n3c4ccccc4c4ccc(-n5c6ccccc6c6cc(-c7ccc8sc9ccccc9c8c7)ccc65)cc43)cc2)cc1. The van der Waals surface area contributed by atoms with Gasteiger partial charge in [0.25, 0.3) is 0 Å². The van der Waals surface area contributed by atoms with Crippen LogP contribution >= 0.6 is 11.3 Å². The highest BCUT2D eigenvalue weighted by Crippen LogP contribution is 2.40. The number of aromatic nitrogens is 2. The molecule has 0 saturated carbocycles. The molecule has 0 unspecified atom stereocenters. The third-order valence-corrected chi connectivity index (χ3v) is 19.4. The first-order valence-electron chi connectivity index (χ1n) is 22.0. The summed E-state index contributed by atoms with van der Waals surface area (Å²) in [5.74, 6) is 0. The zero-order valence-electron chi connectivity index (χ0n) is 34.9. The van der Waals surface area contributed by atoms with Crippen molar-refractivity contribution in [2.45, 2.75) is 0 Å². The zero-order chi connectivity index (χ0) is 42.2. The molecule has 13 rings (SSSR count). The Morgan fingerprint density at radius 2 is 0.703 bits per heavy atom. The average Bonchev–Trinajstić information content (AvgIpc) is 4.02. The lowest BCUT2D eigenvalue weighted by molar-refractivity contribution is 1.16. The smallest absolute Gasteiger partial charge is 0.179 e. The maximum Gasteiger partial charge on any atom is 0.179 e. The van der Waals surface area contributed by atoms with E-state index in [1.54, 1.807) is 0 Å². The van der Waals surface area contributed by atoms with Gasteiger partial charge in [-0.1, -0.05) is 176 Å². The Labute approximate surface area is 376 Å². The molecule has 10 aromatic carbocycles. The molecule has 0 fully saturated rings. The number of fused-ring (bicyclic) bond motifs is 9. The van der Waals surface area contributed by atoms with Crippen LogP contribution in [0.5, 0.6) is 0 Å². The third-order valence-electron chi connectivity index (χ3n) is 13.5. The fraction of sp³-hybridized carbons (Fsp3) is 0. The summed E-state index contributed by atoms with van der Waals surface area (Å²) in [7, 11) is -2.67. The van der Waals surface area contributed by atoms with Crippen molar-refractivity contribution < 1.29 is 0 Å². The van der Waals surface area contributed by atoms with Gasteiger partial charge in [0, 0.05) is 53.1 Å². The van der Waals surface area contributed by atoms with Crippen molar-refractivity contribution in [1.29, 1.82) is 0 Å². The molecule has 0 amide bonds. The molecule has 0 saturated heterocycles. The van der Waals surface area contributed by atoms with E-state index in [4.69, 9.17) is 0 Å². The second-order valence-corrected chi connectivity index (χ2v) is 21.7. The minimum atomic E-state index is -2.67. The van der Waals surface area contributed by atoms with Crippen molar-refractivity contribution in [2.24, 2.45) is 0 Å². The van der Waals surface area contributed by atoms with Crippen LogP contribution in [0.1, 0.15) is 0 Å². The van der Waals surface area contributed by atoms with Crippen molar-refractivity contribution in [3.05, 3.63) is 243 Å². The van der Waals surface area contributed by atoms with Crippen molar-refractivity contribution >= 4 is 104 Å². The Morgan fingerprint density at radius 1 is 0.266 bits per heavy atom. The van der Waals surface area contributed by atoms with Gasteiger partial charge in [-0.05, 0) is 98.6 Å². The molecule has 0 aliphatic rings. The van der Waals surface area contributed by atoms with Crippen LogP contribution in [-0.2, 0) is 0 Å². The summed E-state index contributed by atoms with van der Waals surface area (Å²) < 4.78 is 7.58.